The summed E-state index contributed by atoms with van der Waals surface area (Å²) >= 11 is 0. The number of carbonyl (C=O) groups excluding carboxylic acids is 2. The van der Waals surface area contributed by atoms with Gasteiger partial charge in [0, 0.05) is 18.7 Å². The molecule has 25 heavy (non-hydrogen) atoms. The van der Waals surface area contributed by atoms with E-state index in [1.54, 1.807) is 5.32 Å². The number of hydrogen-bond donors (Lipinski definition) is 1. The van der Waals surface area contributed by atoms with Crippen molar-refractivity contribution in [3.05, 3.63) is 39.7 Å². The molecule has 2 rings (SSSR count). The number of alkyl halides is 3. The van der Waals surface area contributed by atoms with Crippen LogP contribution >= 0.6 is 0 Å². The van der Waals surface area contributed by atoms with E-state index in [0.717, 1.165) is 23.1 Å². The van der Waals surface area contributed by atoms with Crippen LogP contribution in [-0.2, 0) is 4.79 Å². The Bertz CT molecular complexity index is 708. The van der Waals surface area contributed by atoms with E-state index in [0.29, 0.717) is 6.42 Å². The van der Waals surface area contributed by atoms with Gasteiger partial charge in [-0.3, -0.25) is 19.7 Å². The number of halogens is 4. The van der Waals surface area contributed by atoms with Gasteiger partial charge in [-0.25, -0.2) is 4.39 Å². The number of rotatable bonds is 4. The molecule has 0 aliphatic carbocycles. The zero-order chi connectivity index (χ0) is 18.8. The van der Waals surface area contributed by atoms with E-state index >= 15 is 0 Å². The van der Waals surface area contributed by atoms with Crippen molar-refractivity contribution in [2.45, 2.75) is 25.1 Å². The zero-order valence-electron chi connectivity index (χ0n) is 12.7. The molecule has 7 nitrogen and oxygen atoms in total. The van der Waals surface area contributed by atoms with Crippen LogP contribution in [0.5, 0.6) is 0 Å². The molecule has 11 heteroatoms. The van der Waals surface area contributed by atoms with Crippen LogP contribution in [0.3, 0.4) is 0 Å². The zero-order valence-corrected chi connectivity index (χ0v) is 12.7. The summed E-state index contributed by atoms with van der Waals surface area (Å²) in [6.45, 7) is -1.51. The number of carbonyl (C=O) groups is 2. The van der Waals surface area contributed by atoms with Crippen LogP contribution in [0, 0.1) is 15.9 Å². The lowest BCUT2D eigenvalue weighted by Gasteiger charge is -2.24. The fourth-order valence-corrected chi connectivity index (χ4v) is 2.53. The molecule has 1 N–H and O–H groups in total. The first-order chi connectivity index (χ1) is 11.6. The van der Waals surface area contributed by atoms with E-state index in [2.05, 4.69) is 0 Å². The molecular formula is C14H13F4N3O4. The third kappa shape index (κ3) is 4.43. The fraction of sp³-hybridized carbons (Fsp3) is 0.429. The first-order valence-corrected chi connectivity index (χ1v) is 7.19. The monoisotopic (exact) mass is 363 g/mol. The molecule has 136 valence electrons. The van der Waals surface area contributed by atoms with Crippen LogP contribution in [0.2, 0.25) is 0 Å². The van der Waals surface area contributed by atoms with Gasteiger partial charge in [-0.15, -0.1) is 0 Å². The molecule has 1 fully saturated rings. The molecule has 0 saturated carbocycles. The third-order valence-electron chi connectivity index (χ3n) is 3.67. The van der Waals surface area contributed by atoms with E-state index in [1.165, 1.54) is 0 Å². The van der Waals surface area contributed by atoms with Crippen LogP contribution in [0.15, 0.2) is 18.2 Å². The van der Waals surface area contributed by atoms with Gasteiger partial charge in [0.05, 0.1) is 10.5 Å². The number of nitrogens with zero attached hydrogens (tertiary/aromatic N) is 2. The van der Waals surface area contributed by atoms with Crippen molar-refractivity contribution in [2.75, 3.05) is 13.1 Å². The summed E-state index contributed by atoms with van der Waals surface area (Å²) in [5, 5.41) is 12.4. The highest BCUT2D eigenvalue weighted by molar-refractivity contribution is 5.98. The Balaban J connectivity index is 2.19. The Hall–Kier alpha value is -2.72. The van der Waals surface area contributed by atoms with Gasteiger partial charge < -0.3 is 10.2 Å². The molecule has 1 aromatic carbocycles. The Morgan fingerprint density at radius 2 is 2.04 bits per heavy atom. The minimum absolute atomic E-state index is 0.0328. The first-order valence-electron chi connectivity index (χ1n) is 7.19. The molecule has 1 saturated heterocycles. The summed E-state index contributed by atoms with van der Waals surface area (Å²) < 4.78 is 50.4. The predicted molar refractivity (Wildman–Crippen MR) is 76.2 cm³/mol. The summed E-state index contributed by atoms with van der Waals surface area (Å²) in [6.07, 6.45) is -4.15. The number of non-ortho nitro benzene ring substituents is 1. The second kappa shape index (κ2) is 7.03. The maximum atomic E-state index is 13.8. The first kappa shape index (κ1) is 18.6. The largest absolute Gasteiger partial charge is 0.405 e. The van der Waals surface area contributed by atoms with Crippen molar-refractivity contribution >= 4 is 17.5 Å². The van der Waals surface area contributed by atoms with E-state index in [4.69, 9.17) is 0 Å². The van der Waals surface area contributed by atoms with E-state index < -0.39 is 52.6 Å². The van der Waals surface area contributed by atoms with Gasteiger partial charge in [0.2, 0.25) is 5.91 Å². The lowest BCUT2D eigenvalue weighted by molar-refractivity contribution is -0.384. The average Bonchev–Trinajstić information content (AvgIpc) is 3.01. The number of likely N-dealkylation sites (tertiary alicyclic amines) is 1. The van der Waals surface area contributed by atoms with Gasteiger partial charge in [-0.2, -0.15) is 13.2 Å². The molecule has 0 radical (unpaired) electrons. The van der Waals surface area contributed by atoms with E-state index in [-0.39, 0.29) is 13.0 Å². The molecule has 1 atom stereocenters. The van der Waals surface area contributed by atoms with Crippen molar-refractivity contribution in [3.8, 4) is 0 Å². The normalized spacial score (nSPS) is 17.4. The van der Waals surface area contributed by atoms with Gasteiger partial charge in [0.15, 0.2) is 0 Å². The standard InChI is InChI=1S/C14H13F4N3O4/c15-10-4-3-8(21(24)25)6-9(10)13(23)20-5-1-2-11(20)12(22)19-7-14(16,17)18/h3-4,6,11H,1-2,5,7H2,(H,19,22). The van der Waals surface area contributed by atoms with Crippen molar-refractivity contribution in [2.24, 2.45) is 0 Å². The lowest BCUT2D eigenvalue weighted by atomic mass is 10.1. The number of nitrogens with one attached hydrogen (secondary N) is 1. The molecule has 1 aromatic rings. The molecule has 1 aliphatic rings. The highest BCUT2D eigenvalue weighted by Gasteiger charge is 2.37. The van der Waals surface area contributed by atoms with Gasteiger partial charge in [0.25, 0.3) is 11.6 Å². The topological polar surface area (TPSA) is 92.6 Å². The molecular weight excluding hydrogens is 350 g/mol. The van der Waals surface area contributed by atoms with Crippen molar-refractivity contribution in [3.63, 3.8) is 0 Å². The van der Waals surface area contributed by atoms with Gasteiger partial charge in [-0.05, 0) is 18.9 Å². The predicted octanol–water partition coefficient (Wildman–Crippen LogP) is 2.02. The summed E-state index contributed by atoms with van der Waals surface area (Å²) in [7, 11) is 0. The summed E-state index contributed by atoms with van der Waals surface area (Å²) in [5.74, 6) is -3.00. The van der Waals surface area contributed by atoms with Crippen molar-refractivity contribution < 1.29 is 32.1 Å². The Morgan fingerprint density at radius 1 is 1.36 bits per heavy atom. The Labute approximate surface area is 138 Å². The molecule has 0 bridgehead atoms. The van der Waals surface area contributed by atoms with Crippen LogP contribution < -0.4 is 5.32 Å². The molecule has 1 heterocycles. The molecule has 1 unspecified atom stereocenters. The van der Waals surface area contributed by atoms with Gasteiger partial charge >= 0.3 is 6.18 Å². The second-order valence-corrected chi connectivity index (χ2v) is 5.41. The average molecular weight is 363 g/mol. The minimum Gasteiger partial charge on any atom is -0.345 e. The number of amides is 2. The quantitative estimate of drug-likeness (QED) is 0.503. The summed E-state index contributed by atoms with van der Waals surface area (Å²) in [5.41, 5.74) is -1.12. The summed E-state index contributed by atoms with van der Waals surface area (Å²) in [4.78, 5) is 35.2. The highest BCUT2D eigenvalue weighted by atomic mass is 19.4. The molecule has 1 aliphatic heterocycles. The molecule has 0 aromatic heterocycles. The summed E-state index contributed by atoms with van der Waals surface area (Å²) in [6, 6.07) is 1.18. The maximum absolute atomic E-state index is 13.8. The molecule has 2 amide bonds. The van der Waals surface area contributed by atoms with Crippen LogP contribution in [0.25, 0.3) is 0 Å². The Morgan fingerprint density at radius 3 is 2.64 bits per heavy atom. The number of nitro benzene ring substituents is 1. The highest BCUT2D eigenvalue weighted by Crippen LogP contribution is 2.24. The van der Waals surface area contributed by atoms with E-state index in [1.807, 2.05) is 0 Å². The third-order valence-corrected chi connectivity index (χ3v) is 3.67. The number of hydrogen-bond acceptors (Lipinski definition) is 4. The Kier molecular flexibility index (Phi) is 5.24. The van der Waals surface area contributed by atoms with E-state index in [9.17, 15) is 37.3 Å². The smallest absolute Gasteiger partial charge is 0.345 e. The van der Waals surface area contributed by atoms with Crippen LogP contribution in [0.4, 0.5) is 23.2 Å². The number of nitro groups is 1. The lowest BCUT2D eigenvalue weighted by Crippen LogP contribution is -2.48. The van der Waals surface area contributed by atoms with Crippen LogP contribution in [0.1, 0.15) is 23.2 Å². The van der Waals surface area contributed by atoms with Crippen molar-refractivity contribution in [1.82, 2.24) is 10.2 Å². The van der Waals surface area contributed by atoms with Gasteiger partial charge in [-0.1, -0.05) is 0 Å². The molecule has 0 spiro atoms. The van der Waals surface area contributed by atoms with Crippen LogP contribution in [-0.4, -0.2) is 46.9 Å². The fourth-order valence-electron chi connectivity index (χ4n) is 2.53. The second-order valence-electron chi connectivity index (χ2n) is 5.41. The number of benzene rings is 1. The van der Waals surface area contributed by atoms with Crippen molar-refractivity contribution in [1.29, 1.82) is 0 Å². The van der Waals surface area contributed by atoms with Gasteiger partial charge in [0.1, 0.15) is 18.4 Å². The SMILES string of the molecule is O=C(NCC(F)(F)F)C1CCCN1C(=O)c1cc([N+](=O)[O-])ccc1F. The minimum atomic E-state index is -4.60. The maximum Gasteiger partial charge on any atom is 0.405 e.